The molecule has 1 aromatic rings. The molecule has 6 rings (SSSR count). The Morgan fingerprint density at radius 2 is 2.27 bits per heavy atom. The van der Waals surface area contributed by atoms with Crippen LogP contribution in [-0.2, 0) is 11.8 Å². The van der Waals surface area contributed by atoms with Gasteiger partial charge in [-0.1, -0.05) is 6.07 Å². The van der Waals surface area contributed by atoms with Gasteiger partial charge in [-0.2, -0.15) is 0 Å². The monoisotopic (exact) mass is 354 g/mol. The van der Waals surface area contributed by atoms with Crippen molar-refractivity contribution < 1.29 is 14.6 Å². The number of likely N-dealkylation sites (tertiary alicyclic amines) is 1. The van der Waals surface area contributed by atoms with Crippen LogP contribution in [0.3, 0.4) is 0 Å². The number of hydrogen-bond acceptors (Lipinski definition) is 3. The van der Waals surface area contributed by atoms with Crippen molar-refractivity contribution in [2.45, 2.75) is 49.6 Å². The zero-order chi connectivity index (χ0) is 17.7. The van der Waals surface area contributed by atoms with E-state index in [9.17, 15) is 9.90 Å². The van der Waals surface area contributed by atoms with Gasteiger partial charge in [-0.25, -0.2) is 4.79 Å². The number of hydrogen-bond donors (Lipinski definition) is 2. The van der Waals surface area contributed by atoms with Gasteiger partial charge in [-0.3, -0.25) is 0 Å². The molecule has 5 aliphatic rings. The van der Waals surface area contributed by atoms with E-state index in [-0.39, 0.29) is 11.5 Å². The smallest absolute Gasteiger partial charge is 0.407 e. The van der Waals surface area contributed by atoms with Crippen LogP contribution in [0.2, 0.25) is 0 Å². The summed E-state index contributed by atoms with van der Waals surface area (Å²) in [5.74, 6) is 1.93. The maximum atomic E-state index is 11.9. The van der Waals surface area contributed by atoms with E-state index in [1.807, 2.05) is 0 Å². The third-order valence-corrected chi connectivity index (χ3v) is 8.77. The molecule has 1 amide bonds. The van der Waals surface area contributed by atoms with E-state index < -0.39 is 6.09 Å². The van der Waals surface area contributed by atoms with Gasteiger partial charge in [0.05, 0.1) is 7.11 Å². The minimum Gasteiger partial charge on any atom is -0.497 e. The molecule has 2 aliphatic heterocycles. The fourth-order valence-electron chi connectivity index (χ4n) is 8.23. The number of carboxylic acid groups (broad SMARTS) is 1. The Labute approximate surface area is 153 Å². The molecule has 26 heavy (non-hydrogen) atoms. The first kappa shape index (κ1) is 15.3. The Bertz CT molecular complexity index is 810. The quantitative estimate of drug-likeness (QED) is 0.814. The number of rotatable bonds is 1. The highest BCUT2D eigenvalue weighted by Crippen LogP contribution is 2.74. The summed E-state index contributed by atoms with van der Waals surface area (Å²) in [7, 11) is 1.74. The van der Waals surface area contributed by atoms with Crippen LogP contribution in [0.15, 0.2) is 18.2 Å². The predicted molar refractivity (Wildman–Crippen MR) is 96.6 cm³/mol. The standard InChI is InChI=1S/C21H26N2O3/c1-26-14-3-2-12-8-17-20-5-4-16-18(13(10-20)11-23(16)19(24)25)21(20,6-7-22-17)15(12)9-14/h2-3,9,13,16-18,22H,4-8,10-11H2,1H3,(H,24,25)/t13-,16-,17-,18-,20-,21+/m1/s1. The van der Waals surface area contributed by atoms with Crippen molar-refractivity contribution in [1.29, 1.82) is 0 Å². The summed E-state index contributed by atoms with van der Waals surface area (Å²) in [6.45, 7) is 1.78. The lowest BCUT2D eigenvalue weighted by atomic mass is 9.44. The third-order valence-electron chi connectivity index (χ3n) is 8.77. The molecule has 138 valence electrons. The van der Waals surface area contributed by atoms with Gasteiger partial charge in [-0.05, 0) is 79.2 Å². The summed E-state index contributed by atoms with van der Waals surface area (Å²) in [5, 5.41) is 13.6. The molecular weight excluding hydrogens is 328 g/mol. The van der Waals surface area contributed by atoms with E-state index in [0.717, 1.165) is 44.5 Å². The van der Waals surface area contributed by atoms with E-state index in [4.69, 9.17) is 4.74 Å². The van der Waals surface area contributed by atoms with Gasteiger partial charge < -0.3 is 20.1 Å². The Morgan fingerprint density at radius 3 is 3.08 bits per heavy atom. The van der Waals surface area contributed by atoms with Crippen molar-refractivity contribution in [2.75, 3.05) is 20.2 Å². The second-order valence-corrected chi connectivity index (χ2v) is 9.14. The number of carbonyl (C=O) groups is 1. The van der Waals surface area contributed by atoms with Crippen molar-refractivity contribution in [3.63, 3.8) is 0 Å². The largest absolute Gasteiger partial charge is 0.497 e. The molecule has 0 aromatic heterocycles. The average molecular weight is 354 g/mol. The second kappa shape index (κ2) is 4.75. The van der Waals surface area contributed by atoms with Crippen LogP contribution in [-0.4, -0.2) is 48.4 Å². The van der Waals surface area contributed by atoms with E-state index in [2.05, 4.69) is 23.5 Å². The fourth-order valence-corrected chi connectivity index (χ4v) is 8.23. The van der Waals surface area contributed by atoms with Crippen molar-refractivity contribution >= 4 is 6.09 Å². The lowest BCUT2D eigenvalue weighted by Gasteiger charge is -2.64. The molecule has 2 heterocycles. The number of ether oxygens (including phenoxy) is 1. The number of nitrogens with zero attached hydrogens (tertiary/aromatic N) is 1. The van der Waals surface area contributed by atoms with Gasteiger partial charge in [0.25, 0.3) is 0 Å². The molecule has 0 spiro atoms. The van der Waals surface area contributed by atoms with Crippen LogP contribution in [0.25, 0.3) is 0 Å². The number of amides is 1. The normalized spacial score (nSPS) is 44.4. The lowest BCUT2D eigenvalue weighted by Crippen LogP contribution is -2.69. The molecule has 3 aliphatic carbocycles. The summed E-state index contributed by atoms with van der Waals surface area (Å²) < 4.78 is 5.59. The van der Waals surface area contributed by atoms with Crippen LogP contribution >= 0.6 is 0 Å². The average Bonchev–Trinajstić information content (AvgIpc) is 3.08. The molecule has 0 radical (unpaired) electrons. The van der Waals surface area contributed by atoms with E-state index in [1.54, 1.807) is 12.0 Å². The molecule has 5 heteroatoms. The zero-order valence-electron chi connectivity index (χ0n) is 15.2. The Hall–Kier alpha value is -1.75. The third kappa shape index (κ3) is 1.49. The predicted octanol–water partition coefficient (Wildman–Crippen LogP) is 2.63. The topological polar surface area (TPSA) is 61.8 Å². The van der Waals surface area contributed by atoms with Crippen LogP contribution in [0.5, 0.6) is 5.75 Å². The van der Waals surface area contributed by atoms with Crippen LogP contribution < -0.4 is 10.1 Å². The molecule has 2 N–H and O–H groups in total. The van der Waals surface area contributed by atoms with Crippen LogP contribution in [0.1, 0.15) is 36.8 Å². The highest BCUT2D eigenvalue weighted by Gasteiger charge is 2.75. The van der Waals surface area contributed by atoms with Crippen LogP contribution in [0.4, 0.5) is 4.79 Å². The molecule has 1 aromatic carbocycles. The Kier molecular flexibility index (Phi) is 2.80. The summed E-state index contributed by atoms with van der Waals surface area (Å²) >= 11 is 0. The number of benzene rings is 1. The minimum absolute atomic E-state index is 0.128. The maximum Gasteiger partial charge on any atom is 0.407 e. The van der Waals surface area contributed by atoms with Gasteiger partial charge in [-0.15, -0.1) is 0 Å². The van der Waals surface area contributed by atoms with Gasteiger partial charge in [0, 0.05) is 24.0 Å². The molecule has 5 nitrogen and oxygen atoms in total. The lowest BCUT2D eigenvalue weighted by molar-refractivity contribution is -0.0452. The molecule has 4 bridgehead atoms. The van der Waals surface area contributed by atoms with E-state index in [0.29, 0.717) is 23.3 Å². The van der Waals surface area contributed by atoms with E-state index >= 15 is 0 Å². The summed E-state index contributed by atoms with van der Waals surface area (Å²) in [4.78, 5) is 13.7. The first-order valence-corrected chi connectivity index (χ1v) is 10.0. The molecule has 6 atom stereocenters. The first-order valence-electron chi connectivity index (χ1n) is 10.0. The highest BCUT2D eigenvalue weighted by molar-refractivity contribution is 5.67. The number of fused-ring (bicyclic) bond motifs is 1. The number of nitrogens with one attached hydrogen (secondary N) is 1. The highest BCUT2D eigenvalue weighted by atomic mass is 16.5. The Balaban J connectivity index is 1.60. The van der Waals surface area contributed by atoms with Crippen LogP contribution in [0, 0.1) is 17.3 Å². The molecular formula is C21H26N2O3. The van der Waals surface area contributed by atoms with Gasteiger partial charge in [0.1, 0.15) is 5.75 Å². The van der Waals surface area contributed by atoms with Crippen molar-refractivity contribution in [2.24, 2.45) is 17.3 Å². The maximum absolute atomic E-state index is 11.9. The van der Waals surface area contributed by atoms with Gasteiger partial charge in [0.15, 0.2) is 0 Å². The fraction of sp³-hybridized carbons (Fsp3) is 0.667. The molecule has 4 fully saturated rings. The molecule has 2 saturated heterocycles. The Morgan fingerprint density at radius 1 is 1.38 bits per heavy atom. The second-order valence-electron chi connectivity index (χ2n) is 9.14. The summed E-state index contributed by atoms with van der Waals surface area (Å²) in [5.41, 5.74) is 3.37. The molecule has 2 saturated carbocycles. The molecule has 0 unspecified atom stereocenters. The van der Waals surface area contributed by atoms with E-state index in [1.165, 1.54) is 17.5 Å². The minimum atomic E-state index is -0.722. The summed E-state index contributed by atoms with van der Waals surface area (Å²) in [6, 6.07) is 7.38. The van der Waals surface area contributed by atoms with Gasteiger partial charge >= 0.3 is 6.09 Å². The summed E-state index contributed by atoms with van der Waals surface area (Å²) in [6.07, 6.45) is 4.89. The number of piperidine rings is 1. The first-order chi connectivity index (χ1) is 12.6. The van der Waals surface area contributed by atoms with Gasteiger partial charge in [0.2, 0.25) is 0 Å². The van der Waals surface area contributed by atoms with Crippen molar-refractivity contribution in [1.82, 2.24) is 10.2 Å². The number of methoxy groups -OCH3 is 1. The zero-order valence-corrected chi connectivity index (χ0v) is 15.2. The van der Waals surface area contributed by atoms with Crippen molar-refractivity contribution in [3.8, 4) is 5.75 Å². The SMILES string of the molecule is COc1ccc2c(c1)[C@]13CCN[C@H](C2)[C@]12CC[C@@H]1[C@H]3[C@@H](CN1C(=O)O)C2. The van der Waals surface area contributed by atoms with Crippen molar-refractivity contribution in [3.05, 3.63) is 29.3 Å².